The van der Waals surface area contributed by atoms with Gasteiger partial charge in [-0.1, -0.05) is 29.8 Å². The first-order chi connectivity index (χ1) is 10.5. The lowest BCUT2D eigenvalue weighted by Gasteiger charge is -2.10. The Bertz CT molecular complexity index is 786. The Hall–Kier alpha value is -2.07. The van der Waals surface area contributed by atoms with Crippen molar-refractivity contribution < 1.29 is 8.42 Å². The van der Waals surface area contributed by atoms with Crippen molar-refractivity contribution in [2.24, 2.45) is 0 Å². The molecule has 0 bridgehead atoms. The van der Waals surface area contributed by atoms with Gasteiger partial charge in [-0.05, 0) is 30.3 Å². The zero-order chi connectivity index (χ0) is 16.0. The molecule has 2 rings (SSSR count). The molecule has 0 saturated heterocycles. The van der Waals surface area contributed by atoms with Crippen molar-refractivity contribution in [3.05, 3.63) is 59.1 Å². The molecule has 2 aromatic rings. The number of rotatable bonds is 6. The Labute approximate surface area is 134 Å². The van der Waals surface area contributed by atoms with E-state index in [1.54, 1.807) is 36.4 Å². The summed E-state index contributed by atoms with van der Waals surface area (Å²) in [6.45, 7) is 0.549. The molecule has 0 aliphatic carbocycles. The van der Waals surface area contributed by atoms with Crippen LogP contribution in [0.1, 0.15) is 5.56 Å². The van der Waals surface area contributed by atoms with Crippen LogP contribution >= 0.6 is 11.6 Å². The van der Waals surface area contributed by atoms with Crippen LogP contribution in [0.15, 0.2) is 53.4 Å². The SMILES string of the molecule is N#Cc1cc(Cl)ccc1NCCNS(=O)(=O)c1ccccc1. The van der Waals surface area contributed by atoms with Crippen molar-refractivity contribution in [1.29, 1.82) is 5.26 Å². The van der Waals surface area contributed by atoms with Gasteiger partial charge in [0.15, 0.2) is 0 Å². The summed E-state index contributed by atoms with van der Waals surface area (Å²) >= 11 is 5.81. The van der Waals surface area contributed by atoms with E-state index in [4.69, 9.17) is 16.9 Å². The van der Waals surface area contributed by atoms with Gasteiger partial charge < -0.3 is 5.32 Å². The van der Waals surface area contributed by atoms with Crippen LogP contribution in [0.5, 0.6) is 0 Å². The molecule has 22 heavy (non-hydrogen) atoms. The smallest absolute Gasteiger partial charge is 0.240 e. The molecule has 0 spiro atoms. The third-order valence-corrected chi connectivity index (χ3v) is 4.60. The van der Waals surface area contributed by atoms with Crippen LogP contribution in [0.25, 0.3) is 0 Å². The fourth-order valence-electron chi connectivity index (χ4n) is 1.83. The number of nitrogens with zero attached hydrogens (tertiary/aromatic N) is 1. The zero-order valence-electron chi connectivity index (χ0n) is 11.6. The molecule has 5 nitrogen and oxygen atoms in total. The second kappa shape index (κ2) is 7.27. The summed E-state index contributed by atoms with van der Waals surface area (Å²) in [7, 11) is -3.51. The second-order valence-corrected chi connectivity index (χ2v) is 6.64. The molecule has 0 aliphatic rings. The largest absolute Gasteiger partial charge is 0.383 e. The van der Waals surface area contributed by atoms with E-state index in [0.29, 0.717) is 22.8 Å². The summed E-state index contributed by atoms with van der Waals surface area (Å²) in [6, 6.07) is 15.1. The van der Waals surface area contributed by atoms with Crippen molar-refractivity contribution in [2.45, 2.75) is 4.90 Å². The molecule has 0 heterocycles. The highest BCUT2D eigenvalue weighted by Gasteiger charge is 2.12. The maximum absolute atomic E-state index is 12.0. The fourth-order valence-corrected chi connectivity index (χ4v) is 3.05. The molecule has 2 aromatic carbocycles. The van der Waals surface area contributed by atoms with Gasteiger partial charge in [-0.25, -0.2) is 13.1 Å². The average Bonchev–Trinajstić information content (AvgIpc) is 2.53. The lowest BCUT2D eigenvalue weighted by atomic mass is 10.2. The van der Waals surface area contributed by atoms with Crippen molar-refractivity contribution in [3.8, 4) is 6.07 Å². The minimum atomic E-state index is -3.51. The number of hydrogen-bond donors (Lipinski definition) is 2. The maximum Gasteiger partial charge on any atom is 0.240 e. The summed E-state index contributed by atoms with van der Waals surface area (Å²) in [5.41, 5.74) is 1.03. The zero-order valence-corrected chi connectivity index (χ0v) is 13.2. The van der Waals surface area contributed by atoms with Crippen LogP contribution in [0.3, 0.4) is 0 Å². The summed E-state index contributed by atoms with van der Waals surface area (Å²) in [4.78, 5) is 0.221. The van der Waals surface area contributed by atoms with Gasteiger partial charge in [0.1, 0.15) is 6.07 Å². The predicted octanol–water partition coefficient (Wildman–Crippen LogP) is 2.60. The number of anilines is 1. The number of halogens is 1. The highest BCUT2D eigenvalue weighted by molar-refractivity contribution is 7.89. The number of sulfonamides is 1. The summed E-state index contributed by atoms with van der Waals surface area (Å²) in [5.74, 6) is 0. The van der Waals surface area contributed by atoms with Crippen molar-refractivity contribution in [3.63, 3.8) is 0 Å². The van der Waals surface area contributed by atoms with Gasteiger partial charge in [0, 0.05) is 18.1 Å². The average molecular weight is 336 g/mol. The van der Waals surface area contributed by atoms with Crippen molar-refractivity contribution in [1.82, 2.24) is 4.72 Å². The Kier molecular flexibility index (Phi) is 5.39. The maximum atomic E-state index is 12.0. The lowest BCUT2D eigenvalue weighted by Crippen LogP contribution is -2.29. The number of hydrogen-bond acceptors (Lipinski definition) is 4. The number of benzene rings is 2. The molecule has 0 unspecified atom stereocenters. The minimum absolute atomic E-state index is 0.199. The van der Waals surface area contributed by atoms with Crippen LogP contribution < -0.4 is 10.0 Å². The Morgan fingerprint density at radius 2 is 1.82 bits per heavy atom. The van der Waals surface area contributed by atoms with Crippen LogP contribution in [-0.4, -0.2) is 21.5 Å². The van der Waals surface area contributed by atoms with E-state index in [-0.39, 0.29) is 11.4 Å². The Morgan fingerprint density at radius 1 is 1.09 bits per heavy atom. The standard InChI is InChI=1S/C15H14ClN3O2S/c16-13-6-7-15(12(10-13)11-17)18-8-9-19-22(20,21)14-4-2-1-3-5-14/h1-7,10,18-19H,8-9H2. The first-order valence-electron chi connectivity index (χ1n) is 6.51. The Balaban J connectivity index is 1.92. The van der Waals surface area contributed by atoms with E-state index < -0.39 is 10.0 Å². The topological polar surface area (TPSA) is 82.0 Å². The van der Waals surface area contributed by atoms with E-state index in [1.807, 2.05) is 6.07 Å². The number of nitrogens with one attached hydrogen (secondary N) is 2. The highest BCUT2D eigenvalue weighted by Crippen LogP contribution is 2.19. The van der Waals surface area contributed by atoms with Gasteiger partial charge in [-0.2, -0.15) is 5.26 Å². The van der Waals surface area contributed by atoms with Crippen LogP contribution in [-0.2, 0) is 10.0 Å². The molecule has 0 atom stereocenters. The van der Waals surface area contributed by atoms with Gasteiger partial charge in [-0.15, -0.1) is 0 Å². The van der Waals surface area contributed by atoms with Crippen LogP contribution in [0.4, 0.5) is 5.69 Å². The van der Waals surface area contributed by atoms with Crippen molar-refractivity contribution in [2.75, 3.05) is 18.4 Å². The van der Waals surface area contributed by atoms with E-state index >= 15 is 0 Å². The summed E-state index contributed by atoms with van der Waals surface area (Å²) < 4.78 is 26.5. The van der Waals surface area contributed by atoms with Crippen molar-refractivity contribution >= 4 is 27.3 Å². The van der Waals surface area contributed by atoms with Gasteiger partial charge in [0.25, 0.3) is 0 Å². The molecule has 0 radical (unpaired) electrons. The predicted molar refractivity (Wildman–Crippen MR) is 86.3 cm³/mol. The molecule has 0 aliphatic heterocycles. The molecule has 0 fully saturated rings. The molecule has 0 aromatic heterocycles. The minimum Gasteiger partial charge on any atom is -0.383 e. The van der Waals surface area contributed by atoms with E-state index in [1.165, 1.54) is 12.1 Å². The van der Waals surface area contributed by atoms with Gasteiger partial charge >= 0.3 is 0 Å². The van der Waals surface area contributed by atoms with E-state index in [0.717, 1.165) is 0 Å². The van der Waals surface area contributed by atoms with Gasteiger partial charge in [0.2, 0.25) is 10.0 Å². The van der Waals surface area contributed by atoms with E-state index in [9.17, 15) is 8.42 Å². The first kappa shape index (κ1) is 16.3. The molecular formula is C15H14ClN3O2S. The quantitative estimate of drug-likeness (QED) is 0.795. The number of nitriles is 1. The normalized spacial score (nSPS) is 10.9. The third-order valence-electron chi connectivity index (χ3n) is 2.89. The molecule has 114 valence electrons. The lowest BCUT2D eigenvalue weighted by molar-refractivity contribution is 0.583. The second-order valence-electron chi connectivity index (χ2n) is 4.44. The molecule has 7 heteroatoms. The molecule has 0 saturated carbocycles. The molecule has 0 amide bonds. The van der Waals surface area contributed by atoms with Gasteiger partial charge in [-0.3, -0.25) is 0 Å². The highest BCUT2D eigenvalue weighted by atomic mass is 35.5. The fraction of sp³-hybridized carbons (Fsp3) is 0.133. The van der Waals surface area contributed by atoms with Gasteiger partial charge in [0.05, 0.1) is 16.1 Å². The Morgan fingerprint density at radius 3 is 2.50 bits per heavy atom. The molecule has 2 N–H and O–H groups in total. The summed E-state index contributed by atoms with van der Waals surface area (Å²) in [5, 5.41) is 12.5. The third kappa shape index (κ3) is 4.21. The van der Waals surface area contributed by atoms with Crippen LogP contribution in [0.2, 0.25) is 5.02 Å². The van der Waals surface area contributed by atoms with E-state index in [2.05, 4.69) is 10.0 Å². The molecular weight excluding hydrogens is 322 g/mol. The van der Waals surface area contributed by atoms with Crippen LogP contribution in [0, 0.1) is 11.3 Å². The summed E-state index contributed by atoms with van der Waals surface area (Å²) in [6.07, 6.45) is 0. The first-order valence-corrected chi connectivity index (χ1v) is 8.37. The monoisotopic (exact) mass is 335 g/mol.